The average Bonchev–Trinajstić information content (AvgIpc) is 2.39. The van der Waals surface area contributed by atoms with Gasteiger partial charge in [-0.05, 0) is 36.4 Å². The fourth-order valence-electron chi connectivity index (χ4n) is 1.51. The minimum Gasteiger partial charge on any atom is -0.388 e. The molecule has 1 aromatic heterocycles. The first-order chi connectivity index (χ1) is 8.20. The van der Waals surface area contributed by atoms with Gasteiger partial charge in [0.2, 0.25) is 0 Å². The molecule has 1 heterocycles. The predicted molar refractivity (Wildman–Crippen MR) is 67.7 cm³/mol. The van der Waals surface area contributed by atoms with Crippen LogP contribution in [0.5, 0.6) is 0 Å². The smallest absolute Gasteiger partial charge is 0.123 e. The number of hydrogen-bond donors (Lipinski definition) is 1. The van der Waals surface area contributed by atoms with Crippen LogP contribution < -0.4 is 5.32 Å². The first kappa shape index (κ1) is 11.3. The van der Waals surface area contributed by atoms with Gasteiger partial charge in [0.05, 0.1) is 5.69 Å². The van der Waals surface area contributed by atoms with Crippen LogP contribution in [0, 0.1) is 5.82 Å². The first-order valence-electron chi connectivity index (χ1n) is 5.30. The Hall–Kier alpha value is -2.16. The maximum atomic E-state index is 12.8. The summed E-state index contributed by atoms with van der Waals surface area (Å²) >= 11 is 0. The molecular weight excluding hydrogens is 215 g/mol. The molecule has 86 valence electrons. The van der Waals surface area contributed by atoms with E-state index < -0.39 is 0 Å². The van der Waals surface area contributed by atoms with Crippen molar-refractivity contribution in [2.45, 2.75) is 0 Å². The third-order valence-electron chi connectivity index (χ3n) is 2.55. The highest BCUT2D eigenvalue weighted by atomic mass is 19.1. The van der Waals surface area contributed by atoms with Crippen molar-refractivity contribution in [2.75, 3.05) is 7.05 Å². The van der Waals surface area contributed by atoms with Crippen LogP contribution in [0.25, 0.3) is 17.0 Å². The number of pyridine rings is 1. The molecule has 2 rings (SSSR count). The molecule has 2 nitrogen and oxygen atoms in total. The van der Waals surface area contributed by atoms with Crippen molar-refractivity contribution in [3.05, 3.63) is 60.6 Å². The fourth-order valence-corrected chi connectivity index (χ4v) is 1.51. The van der Waals surface area contributed by atoms with E-state index in [-0.39, 0.29) is 5.82 Å². The molecule has 3 heteroatoms. The van der Waals surface area contributed by atoms with Gasteiger partial charge in [0.1, 0.15) is 5.82 Å². The van der Waals surface area contributed by atoms with Crippen molar-refractivity contribution in [3.8, 4) is 11.3 Å². The van der Waals surface area contributed by atoms with Gasteiger partial charge in [-0.15, -0.1) is 0 Å². The van der Waals surface area contributed by atoms with Crippen molar-refractivity contribution >= 4 is 5.70 Å². The van der Waals surface area contributed by atoms with E-state index in [0.717, 1.165) is 22.5 Å². The second kappa shape index (κ2) is 4.78. The van der Waals surface area contributed by atoms with Crippen molar-refractivity contribution in [1.82, 2.24) is 10.3 Å². The zero-order chi connectivity index (χ0) is 12.3. The maximum absolute atomic E-state index is 12.8. The molecule has 0 aliphatic rings. The summed E-state index contributed by atoms with van der Waals surface area (Å²) in [6, 6.07) is 10.1. The molecule has 0 saturated carbocycles. The number of aromatic nitrogens is 1. The predicted octanol–water partition coefficient (Wildman–Crippen LogP) is 3.08. The third kappa shape index (κ3) is 2.50. The highest BCUT2D eigenvalue weighted by Gasteiger charge is 2.01. The van der Waals surface area contributed by atoms with Crippen LogP contribution in [0.2, 0.25) is 0 Å². The lowest BCUT2D eigenvalue weighted by atomic mass is 10.1. The summed E-state index contributed by atoms with van der Waals surface area (Å²) in [7, 11) is 1.82. The summed E-state index contributed by atoms with van der Waals surface area (Å²) in [6.07, 6.45) is 1.75. The summed E-state index contributed by atoms with van der Waals surface area (Å²) in [6.45, 7) is 3.86. The number of rotatable bonds is 3. The van der Waals surface area contributed by atoms with Gasteiger partial charge < -0.3 is 5.32 Å². The molecule has 0 bridgehead atoms. The summed E-state index contributed by atoms with van der Waals surface area (Å²) < 4.78 is 12.8. The summed E-state index contributed by atoms with van der Waals surface area (Å²) in [5.74, 6) is -0.242. The molecule has 2 aromatic rings. The summed E-state index contributed by atoms with van der Waals surface area (Å²) in [5.41, 5.74) is 3.48. The van der Waals surface area contributed by atoms with E-state index >= 15 is 0 Å². The molecule has 0 radical (unpaired) electrons. The van der Waals surface area contributed by atoms with Crippen LogP contribution in [0.15, 0.2) is 49.2 Å². The van der Waals surface area contributed by atoms with E-state index in [1.54, 1.807) is 18.3 Å². The van der Waals surface area contributed by atoms with Crippen molar-refractivity contribution < 1.29 is 4.39 Å². The highest BCUT2D eigenvalue weighted by molar-refractivity contribution is 5.64. The third-order valence-corrected chi connectivity index (χ3v) is 2.55. The van der Waals surface area contributed by atoms with Gasteiger partial charge in [-0.3, -0.25) is 4.98 Å². The number of nitrogens with zero attached hydrogens (tertiary/aromatic N) is 1. The van der Waals surface area contributed by atoms with Crippen LogP contribution in [-0.4, -0.2) is 12.0 Å². The lowest BCUT2D eigenvalue weighted by molar-refractivity contribution is 0.628. The van der Waals surface area contributed by atoms with Crippen LogP contribution in [0.3, 0.4) is 0 Å². The monoisotopic (exact) mass is 228 g/mol. The molecule has 0 amide bonds. The Morgan fingerprint density at radius 3 is 2.41 bits per heavy atom. The van der Waals surface area contributed by atoms with Crippen LogP contribution in [0.4, 0.5) is 4.39 Å². The van der Waals surface area contributed by atoms with E-state index in [2.05, 4.69) is 16.9 Å². The Bertz CT molecular complexity index is 515. The number of benzene rings is 1. The molecule has 0 atom stereocenters. The largest absolute Gasteiger partial charge is 0.388 e. The summed E-state index contributed by atoms with van der Waals surface area (Å²) in [4.78, 5) is 4.32. The van der Waals surface area contributed by atoms with Crippen molar-refractivity contribution in [2.24, 2.45) is 0 Å². The normalized spacial score (nSPS) is 10.0. The quantitative estimate of drug-likeness (QED) is 0.873. The van der Waals surface area contributed by atoms with E-state index in [1.165, 1.54) is 12.1 Å². The minimum atomic E-state index is -0.242. The number of nitrogens with one attached hydrogen (secondary N) is 1. The molecule has 0 saturated heterocycles. The lowest BCUT2D eigenvalue weighted by Gasteiger charge is -2.05. The van der Waals surface area contributed by atoms with Gasteiger partial charge in [0.25, 0.3) is 0 Å². The summed E-state index contributed by atoms with van der Waals surface area (Å²) in [5, 5.41) is 2.96. The Morgan fingerprint density at radius 2 is 1.88 bits per heavy atom. The zero-order valence-electron chi connectivity index (χ0n) is 9.57. The molecule has 0 aliphatic carbocycles. The first-order valence-corrected chi connectivity index (χ1v) is 5.30. The molecule has 0 spiro atoms. The van der Waals surface area contributed by atoms with Gasteiger partial charge >= 0.3 is 0 Å². The Balaban J connectivity index is 2.29. The highest BCUT2D eigenvalue weighted by Crippen LogP contribution is 2.18. The van der Waals surface area contributed by atoms with Crippen molar-refractivity contribution in [1.29, 1.82) is 0 Å². The molecule has 17 heavy (non-hydrogen) atoms. The molecule has 1 aromatic carbocycles. The number of halogens is 1. The Labute approximate surface area is 99.8 Å². The SMILES string of the molecule is C=C(NC)c1ccc(-c2ccc(F)cc2)nc1. The van der Waals surface area contributed by atoms with Crippen LogP contribution >= 0.6 is 0 Å². The van der Waals surface area contributed by atoms with Gasteiger partial charge in [-0.2, -0.15) is 0 Å². The van der Waals surface area contributed by atoms with E-state index in [1.807, 2.05) is 19.2 Å². The lowest BCUT2D eigenvalue weighted by Crippen LogP contribution is -2.03. The Morgan fingerprint density at radius 1 is 1.18 bits per heavy atom. The molecule has 1 N–H and O–H groups in total. The molecular formula is C14H13FN2. The van der Waals surface area contributed by atoms with Gasteiger partial charge in [0, 0.05) is 30.1 Å². The zero-order valence-corrected chi connectivity index (χ0v) is 9.57. The molecule has 0 fully saturated rings. The van der Waals surface area contributed by atoms with E-state index in [0.29, 0.717) is 0 Å². The van der Waals surface area contributed by atoms with Gasteiger partial charge in [-0.1, -0.05) is 6.58 Å². The van der Waals surface area contributed by atoms with E-state index in [9.17, 15) is 4.39 Å². The van der Waals surface area contributed by atoms with Gasteiger partial charge in [-0.25, -0.2) is 4.39 Å². The molecule has 0 aliphatic heterocycles. The van der Waals surface area contributed by atoms with Crippen LogP contribution in [0.1, 0.15) is 5.56 Å². The van der Waals surface area contributed by atoms with E-state index in [4.69, 9.17) is 0 Å². The molecule has 0 unspecified atom stereocenters. The topological polar surface area (TPSA) is 24.9 Å². The fraction of sp³-hybridized carbons (Fsp3) is 0.0714. The second-order valence-electron chi connectivity index (χ2n) is 3.67. The second-order valence-corrected chi connectivity index (χ2v) is 3.67. The number of hydrogen-bond acceptors (Lipinski definition) is 2. The van der Waals surface area contributed by atoms with Gasteiger partial charge in [0.15, 0.2) is 0 Å². The Kier molecular flexibility index (Phi) is 3.19. The van der Waals surface area contributed by atoms with Crippen molar-refractivity contribution in [3.63, 3.8) is 0 Å². The standard InChI is InChI=1S/C14H13FN2/c1-10(16-2)12-5-8-14(17-9-12)11-3-6-13(15)7-4-11/h3-9,16H,1H2,2H3. The average molecular weight is 228 g/mol. The van der Waals surface area contributed by atoms with Crippen LogP contribution in [-0.2, 0) is 0 Å². The minimum absolute atomic E-state index is 0.242. The maximum Gasteiger partial charge on any atom is 0.123 e.